The van der Waals surface area contributed by atoms with Crippen LogP contribution in [-0.2, 0) is 0 Å². The Morgan fingerprint density at radius 2 is 1.93 bits per heavy atom. The number of aromatic carboxylic acids is 1. The summed E-state index contributed by atoms with van der Waals surface area (Å²) in [6.45, 7) is 0. The lowest BCUT2D eigenvalue weighted by molar-refractivity contribution is 0.0691. The number of hydrogen-bond acceptors (Lipinski definition) is 5. The lowest BCUT2D eigenvalue weighted by atomic mass is 10.1. The molecular weight excluding hydrogens is 356 g/mol. The molecule has 2 aromatic carbocycles. The Balaban J connectivity index is 1.47. The van der Waals surface area contributed by atoms with Crippen molar-refractivity contribution < 1.29 is 9.90 Å². The molecule has 4 N–H and O–H groups in total. The topological polar surface area (TPSA) is 120 Å². The van der Waals surface area contributed by atoms with Crippen molar-refractivity contribution in [1.29, 1.82) is 0 Å². The monoisotopic (exact) mass is 370 g/mol. The number of carbonyl (C=O) groups is 1. The third-order valence-electron chi connectivity index (χ3n) is 4.50. The number of rotatable bonds is 4. The van der Waals surface area contributed by atoms with Crippen LogP contribution in [0.25, 0.3) is 33.1 Å². The number of nitrogens with zero attached hydrogens (tertiary/aromatic N) is 3. The zero-order valence-electron chi connectivity index (χ0n) is 14.5. The smallest absolute Gasteiger partial charge is 0.352 e. The lowest BCUT2D eigenvalue weighted by Gasteiger charge is -2.07. The predicted octanol–water partition coefficient (Wildman–Crippen LogP) is 3.94. The number of hydrogen-bond donors (Lipinski definition) is 4. The molecule has 8 nitrogen and oxygen atoms in total. The van der Waals surface area contributed by atoms with E-state index in [0.29, 0.717) is 5.95 Å². The quantitative estimate of drug-likeness (QED) is 0.380. The van der Waals surface area contributed by atoms with Crippen LogP contribution < -0.4 is 5.32 Å². The highest BCUT2D eigenvalue weighted by Crippen LogP contribution is 2.25. The van der Waals surface area contributed by atoms with Crippen molar-refractivity contribution in [1.82, 2.24) is 25.1 Å². The van der Waals surface area contributed by atoms with E-state index >= 15 is 0 Å². The number of aromatic amines is 2. The molecule has 136 valence electrons. The van der Waals surface area contributed by atoms with Gasteiger partial charge in [-0.2, -0.15) is 5.10 Å². The maximum atomic E-state index is 11.1. The summed E-state index contributed by atoms with van der Waals surface area (Å²) in [4.78, 5) is 22.9. The summed E-state index contributed by atoms with van der Waals surface area (Å²) in [5.41, 5.74) is 4.31. The second-order valence-electron chi connectivity index (χ2n) is 6.35. The molecule has 0 unspecified atom stereocenters. The van der Waals surface area contributed by atoms with Gasteiger partial charge >= 0.3 is 5.97 Å². The molecule has 0 aliphatic heterocycles. The molecule has 5 aromatic rings. The van der Waals surface area contributed by atoms with Crippen LogP contribution in [0.5, 0.6) is 0 Å². The average Bonchev–Trinajstić information content (AvgIpc) is 3.34. The van der Waals surface area contributed by atoms with Gasteiger partial charge in [0.15, 0.2) is 0 Å². The van der Waals surface area contributed by atoms with Crippen molar-refractivity contribution in [3.8, 4) is 11.3 Å². The van der Waals surface area contributed by atoms with Crippen LogP contribution >= 0.6 is 0 Å². The number of fused-ring (bicyclic) bond motifs is 2. The Bertz CT molecular complexity index is 1340. The molecular formula is C20H14N6O2. The molecule has 0 spiro atoms. The molecule has 0 bridgehead atoms. The first-order valence-corrected chi connectivity index (χ1v) is 8.55. The van der Waals surface area contributed by atoms with E-state index in [0.717, 1.165) is 38.8 Å². The Hall–Kier alpha value is -4.20. The van der Waals surface area contributed by atoms with Crippen molar-refractivity contribution in [2.75, 3.05) is 5.32 Å². The Morgan fingerprint density at radius 3 is 2.82 bits per heavy atom. The van der Waals surface area contributed by atoms with Crippen LogP contribution in [0.2, 0.25) is 0 Å². The van der Waals surface area contributed by atoms with Crippen LogP contribution in [-0.4, -0.2) is 36.2 Å². The molecule has 5 rings (SSSR count). The minimum Gasteiger partial charge on any atom is -0.477 e. The first-order valence-electron chi connectivity index (χ1n) is 8.55. The standard InChI is InChI=1S/C20H14N6O2/c27-19(28)18-9-12-2-1-11(8-17(12)24-18)15-5-6-21-20(25-15)23-14-3-4-16-13(7-14)10-22-26-16/h1-10,24H,(H,22,26)(H,27,28)(H,21,23,25). The highest BCUT2D eigenvalue weighted by molar-refractivity contribution is 5.95. The number of H-pyrrole nitrogens is 2. The summed E-state index contributed by atoms with van der Waals surface area (Å²) in [6, 6.07) is 14.9. The van der Waals surface area contributed by atoms with Crippen LogP contribution in [0.3, 0.4) is 0 Å². The molecule has 3 aromatic heterocycles. The molecule has 0 aliphatic rings. The van der Waals surface area contributed by atoms with E-state index in [9.17, 15) is 4.79 Å². The zero-order chi connectivity index (χ0) is 19.1. The van der Waals surface area contributed by atoms with Gasteiger partial charge in [0.05, 0.1) is 17.4 Å². The van der Waals surface area contributed by atoms with Crippen LogP contribution in [0.4, 0.5) is 11.6 Å². The maximum Gasteiger partial charge on any atom is 0.352 e. The van der Waals surface area contributed by atoms with Gasteiger partial charge in [-0.25, -0.2) is 14.8 Å². The molecule has 8 heteroatoms. The van der Waals surface area contributed by atoms with Gasteiger partial charge in [-0.1, -0.05) is 12.1 Å². The summed E-state index contributed by atoms with van der Waals surface area (Å²) in [7, 11) is 0. The molecule has 3 heterocycles. The van der Waals surface area contributed by atoms with Crippen molar-refractivity contribution in [3.05, 3.63) is 66.6 Å². The Kier molecular flexibility index (Phi) is 3.55. The van der Waals surface area contributed by atoms with Crippen molar-refractivity contribution in [3.63, 3.8) is 0 Å². The van der Waals surface area contributed by atoms with E-state index in [1.165, 1.54) is 0 Å². The van der Waals surface area contributed by atoms with Gasteiger partial charge < -0.3 is 15.4 Å². The third-order valence-corrected chi connectivity index (χ3v) is 4.50. The second-order valence-corrected chi connectivity index (χ2v) is 6.35. The Labute approximate surface area is 158 Å². The normalized spacial score (nSPS) is 11.1. The van der Waals surface area contributed by atoms with Crippen LogP contribution in [0.1, 0.15) is 10.5 Å². The number of nitrogens with one attached hydrogen (secondary N) is 3. The molecule has 0 amide bonds. The predicted molar refractivity (Wildman–Crippen MR) is 106 cm³/mol. The van der Waals surface area contributed by atoms with Crippen LogP contribution in [0, 0.1) is 0 Å². The summed E-state index contributed by atoms with van der Waals surface area (Å²) in [5, 5.41) is 21.1. The van der Waals surface area contributed by atoms with Gasteiger partial charge in [-0.05, 0) is 36.4 Å². The van der Waals surface area contributed by atoms with Gasteiger partial charge in [0, 0.05) is 33.7 Å². The zero-order valence-corrected chi connectivity index (χ0v) is 14.5. The Morgan fingerprint density at radius 1 is 1.00 bits per heavy atom. The van der Waals surface area contributed by atoms with Gasteiger partial charge in [-0.15, -0.1) is 0 Å². The van der Waals surface area contributed by atoms with E-state index in [2.05, 4.69) is 30.5 Å². The number of carboxylic acids is 1. The largest absolute Gasteiger partial charge is 0.477 e. The molecule has 0 radical (unpaired) electrons. The first kappa shape index (κ1) is 16.0. The minimum atomic E-state index is -0.985. The van der Waals surface area contributed by atoms with Gasteiger partial charge in [0.25, 0.3) is 0 Å². The molecule has 0 fully saturated rings. The van der Waals surface area contributed by atoms with E-state index in [-0.39, 0.29) is 5.69 Å². The van der Waals surface area contributed by atoms with E-state index in [1.807, 2.05) is 42.5 Å². The molecule has 0 saturated carbocycles. The third kappa shape index (κ3) is 2.82. The summed E-state index contributed by atoms with van der Waals surface area (Å²) in [6.07, 6.45) is 3.44. The fourth-order valence-corrected chi connectivity index (χ4v) is 3.13. The van der Waals surface area contributed by atoms with Gasteiger partial charge in [-0.3, -0.25) is 5.10 Å². The number of anilines is 2. The SMILES string of the molecule is O=C(O)c1cc2ccc(-c3ccnc(Nc4ccc5[nH]ncc5c4)n3)cc2[nH]1. The van der Waals surface area contributed by atoms with Crippen LogP contribution in [0.15, 0.2) is 60.9 Å². The summed E-state index contributed by atoms with van der Waals surface area (Å²) < 4.78 is 0. The number of aromatic nitrogens is 5. The molecule has 0 atom stereocenters. The van der Waals surface area contributed by atoms with Crippen molar-refractivity contribution in [2.24, 2.45) is 0 Å². The fourth-order valence-electron chi connectivity index (χ4n) is 3.13. The molecule has 0 saturated heterocycles. The second kappa shape index (κ2) is 6.20. The highest BCUT2D eigenvalue weighted by atomic mass is 16.4. The summed E-state index contributed by atoms with van der Waals surface area (Å²) in [5.74, 6) is -0.515. The maximum absolute atomic E-state index is 11.1. The van der Waals surface area contributed by atoms with Gasteiger partial charge in [0.2, 0.25) is 5.95 Å². The number of benzene rings is 2. The molecule has 28 heavy (non-hydrogen) atoms. The highest BCUT2D eigenvalue weighted by Gasteiger charge is 2.09. The van der Waals surface area contributed by atoms with Crippen molar-refractivity contribution >= 4 is 39.4 Å². The lowest BCUT2D eigenvalue weighted by Crippen LogP contribution is -1.97. The van der Waals surface area contributed by atoms with Crippen molar-refractivity contribution in [2.45, 2.75) is 0 Å². The molecule has 0 aliphatic carbocycles. The average molecular weight is 370 g/mol. The van der Waals surface area contributed by atoms with E-state index in [1.54, 1.807) is 18.5 Å². The number of carboxylic acid groups (broad SMARTS) is 1. The fraction of sp³-hybridized carbons (Fsp3) is 0. The van der Waals surface area contributed by atoms with E-state index in [4.69, 9.17) is 5.11 Å². The minimum absolute atomic E-state index is 0.159. The van der Waals surface area contributed by atoms with E-state index < -0.39 is 5.97 Å². The van der Waals surface area contributed by atoms with Gasteiger partial charge in [0.1, 0.15) is 5.69 Å². The summed E-state index contributed by atoms with van der Waals surface area (Å²) >= 11 is 0. The first-order chi connectivity index (χ1) is 13.7.